The Kier molecular flexibility index (Phi) is 14.6. The second-order valence-corrected chi connectivity index (χ2v) is 6.49. The number of hydrazine groups is 1. The molecule has 0 heterocycles. The lowest BCUT2D eigenvalue weighted by atomic mass is 10.1. The quantitative estimate of drug-likeness (QED) is 0.107. The predicted molar refractivity (Wildman–Crippen MR) is 107 cm³/mol. The van der Waals surface area contributed by atoms with E-state index in [1.807, 2.05) is 0 Å². The summed E-state index contributed by atoms with van der Waals surface area (Å²) in [4.78, 5) is 20.4. The van der Waals surface area contributed by atoms with Gasteiger partial charge in [-0.3, -0.25) is 20.4 Å². The molecule has 0 aliphatic rings. The number of aliphatic hydroxyl groups is 4. The third-order valence-corrected chi connectivity index (χ3v) is 2.69. The summed E-state index contributed by atoms with van der Waals surface area (Å²) in [7, 11) is 10.4. The normalized spacial score (nSPS) is 12.4. The monoisotopic (exact) mass is 408 g/mol. The summed E-state index contributed by atoms with van der Waals surface area (Å²) in [5, 5.41) is 49.0. The van der Waals surface area contributed by atoms with Crippen molar-refractivity contribution in [3.63, 3.8) is 0 Å². The van der Waals surface area contributed by atoms with Gasteiger partial charge in [0, 0.05) is 56.1 Å². The Hall–Kier alpha value is -1.96. The zero-order valence-corrected chi connectivity index (χ0v) is 18.4. The van der Waals surface area contributed by atoms with Gasteiger partial charge < -0.3 is 30.4 Å². The first-order chi connectivity index (χ1) is 12.3. The molecule has 0 radical (unpaired) electrons. The molecule has 0 aliphatic carbocycles. The minimum Gasteiger partial charge on any atom is -0.356 e. The topological polar surface area (TPSA) is 176 Å². The number of hydrazone groups is 2. The Bertz CT molecular complexity index is 511. The van der Waals surface area contributed by atoms with Gasteiger partial charge >= 0.3 is 0 Å². The van der Waals surface area contributed by atoms with Crippen LogP contribution >= 0.6 is 0 Å². The molecule has 0 fully saturated rings. The Labute approximate surface area is 166 Å². The number of carbonyl (C=O) groups excluding carboxylic acids is 2. The minimum absolute atomic E-state index is 0.176. The molecule has 0 atom stereocenters. The highest BCUT2D eigenvalue weighted by atomic mass is 16.5. The van der Waals surface area contributed by atoms with Crippen LogP contribution in [0.1, 0.15) is 27.7 Å². The summed E-state index contributed by atoms with van der Waals surface area (Å²) in [6, 6.07) is 0. The molecule has 0 saturated carbocycles. The molecule has 6 N–H and O–H groups in total. The molecule has 0 bridgehead atoms. The second-order valence-electron chi connectivity index (χ2n) is 6.49. The fourth-order valence-electron chi connectivity index (χ4n) is 1.25. The van der Waals surface area contributed by atoms with Crippen LogP contribution in [0.15, 0.2) is 10.2 Å². The van der Waals surface area contributed by atoms with Crippen molar-refractivity contribution in [1.82, 2.24) is 15.0 Å². The highest BCUT2D eigenvalue weighted by molar-refractivity contribution is 6.10. The number of carbonyl (C=O) groups is 2. The summed E-state index contributed by atoms with van der Waals surface area (Å²) in [5.74, 6) is -1.86. The van der Waals surface area contributed by atoms with Gasteiger partial charge in [0.15, 0.2) is 11.6 Å². The fraction of sp³-hybridized carbons (Fsp3) is 0.750. The molecular formula is C16H36N6O6. The van der Waals surface area contributed by atoms with Crippen molar-refractivity contribution in [3.8, 4) is 0 Å². The summed E-state index contributed by atoms with van der Waals surface area (Å²) >= 11 is 0. The number of nitrogens with two attached hydrogens (primary N) is 1. The molecule has 0 aromatic carbocycles. The summed E-state index contributed by atoms with van der Waals surface area (Å²) in [5.41, 5.74) is 0.353. The fourth-order valence-corrected chi connectivity index (χ4v) is 1.25. The van der Waals surface area contributed by atoms with Crippen LogP contribution < -0.4 is 5.84 Å². The number of nitrogens with zero attached hydrogens (tertiary/aromatic N) is 5. The van der Waals surface area contributed by atoms with Crippen molar-refractivity contribution in [2.24, 2.45) is 16.0 Å². The number of Topliss-reactive ketones (excluding diaryl/α,β-unsaturated/α-hetero) is 2. The summed E-state index contributed by atoms with van der Waals surface area (Å²) < 4.78 is 0. The SMILES string of the molecule is C/C(=N\N(C)C)C(O)(O)/C(C)=N/N(C)C.CC(=O)C(O)(O)C(C)=O.CN(C)N. The Balaban J connectivity index is -0.000000406. The maximum atomic E-state index is 10.2. The maximum Gasteiger partial charge on any atom is 0.284 e. The van der Waals surface area contributed by atoms with Gasteiger partial charge in [-0.1, -0.05) is 0 Å². The zero-order valence-electron chi connectivity index (χ0n) is 18.4. The van der Waals surface area contributed by atoms with Crippen LogP contribution in [0.2, 0.25) is 0 Å². The predicted octanol–water partition coefficient (Wildman–Crippen LogP) is -2.19. The number of rotatable bonds is 6. The van der Waals surface area contributed by atoms with E-state index in [4.69, 9.17) is 16.1 Å². The van der Waals surface area contributed by atoms with E-state index < -0.39 is 23.1 Å². The van der Waals surface area contributed by atoms with Crippen molar-refractivity contribution in [2.45, 2.75) is 39.3 Å². The lowest BCUT2D eigenvalue weighted by Gasteiger charge is -2.23. The van der Waals surface area contributed by atoms with Crippen molar-refractivity contribution >= 4 is 23.0 Å². The van der Waals surface area contributed by atoms with E-state index in [9.17, 15) is 19.8 Å². The van der Waals surface area contributed by atoms with Gasteiger partial charge in [-0.25, -0.2) is 0 Å². The van der Waals surface area contributed by atoms with Crippen LogP contribution in [0, 0.1) is 0 Å². The standard InChI is InChI=1S/C9H20N4O2.C5H8O4.C2H8N2/c1-7(10-12(3)4)9(14,15)8(2)11-13(5)6;1-3(6)5(8,9)4(2)7;1-4(2)3/h14-15H,1-6H3;8-9H,1-2H3;3H2,1-2H3/b10-7+,11-8+;;. The van der Waals surface area contributed by atoms with Crippen molar-refractivity contribution < 1.29 is 30.0 Å². The van der Waals surface area contributed by atoms with E-state index in [1.54, 1.807) is 42.3 Å². The second kappa shape index (κ2) is 13.3. The number of ketones is 2. The molecule has 0 unspecified atom stereocenters. The smallest absolute Gasteiger partial charge is 0.284 e. The van der Waals surface area contributed by atoms with E-state index in [0.29, 0.717) is 0 Å². The average Bonchev–Trinajstić information content (AvgIpc) is 2.45. The molecule has 12 heteroatoms. The Morgan fingerprint density at radius 2 is 0.893 bits per heavy atom. The first-order valence-corrected chi connectivity index (χ1v) is 8.09. The van der Waals surface area contributed by atoms with E-state index >= 15 is 0 Å². The lowest BCUT2D eigenvalue weighted by molar-refractivity contribution is -0.186. The van der Waals surface area contributed by atoms with E-state index in [0.717, 1.165) is 13.8 Å². The minimum atomic E-state index is -2.78. The highest BCUT2D eigenvalue weighted by Crippen LogP contribution is 2.07. The van der Waals surface area contributed by atoms with Crippen molar-refractivity contribution in [3.05, 3.63) is 0 Å². The van der Waals surface area contributed by atoms with Crippen molar-refractivity contribution in [1.29, 1.82) is 0 Å². The largest absolute Gasteiger partial charge is 0.356 e. The van der Waals surface area contributed by atoms with E-state index in [-0.39, 0.29) is 11.4 Å². The molecule has 0 aromatic rings. The average molecular weight is 409 g/mol. The number of hydrogen-bond acceptors (Lipinski definition) is 12. The molecule has 0 aromatic heterocycles. The van der Waals surface area contributed by atoms with Crippen LogP contribution in [0.3, 0.4) is 0 Å². The van der Waals surface area contributed by atoms with Crippen LogP contribution in [-0.2, 0) is 9.59 Å². The van der Waals surface area contributed by atoms with Gasteiger partial charge in [-0.05, 0) is 13.8 Å². The molecule has 0 amide bonds. The van der Waals surface area contributed by atoms with Gasteiger partial charge in [0.25, 0.3) is 5.79 Å². The van der Waals surface area contributed by atoms with Gasteiger partial charge in [0.2, 0.25) is 5.79 Å². The molecule has 0 saturated heterocycles. The molecule has 0 rings (SSSR count). The maximum absolute atomic E-state index is 10.2. The highest BCUT2D eigenvalue weighted by Gasteiger charge is 2.34. The molecular weight excluding hydrogens is 372 g/mol. The van der Waals surface area contributed by atoms with Gasteiger partial charge in [0.05, 0.1) is 11.4 Å². The number of hydrogen-bond donors (Lipinski definition) is 5. The van der Waals surface area contributed by atoms with Crippen LogP contribution in [0.5, 0.6) is 0 Å². The van der Waals surface area contributed by atoms with Crippen LogP contribution in [0.4, 0.5) is 0 Å². The first kappa shape index (κ1) is 30.8. The third-order valence-electron chi connectivity index (χ3n) is 2.69. The van der Waals surface area contributed by atoms with Gasteiger partial charge in [-0.15, -0.1) is 0 Å². The summed E-state index contributed by atoms with van der Waals surface area (Å²) in [6.07, 6.45) is 0. The molecule has 0 spiro atoms. The summed E-state index contributed by atoms with van der Waals surface area (Å²) in [6.45, 7) is 4.94. The Morgan fingerprint density at radius 3 is 1.00 bits per heavy atom. The molecule has 28 heavy (non-hydrogen) atoms. The first-order valence-electron chi connectivity index (χ1n) is 8.09. The Morgan fingerprint density at radius 1 is 0.679 bits per heavy atom. The van der Waals surface area contributed by atoms with E-state index in [1.165, 1.54) is 28.9 Å². The van der Waals surface area contributed by atoms with Gasteiger partial charge in [0.1, 0.15) is 0 Å². The van der Waals surface area contributed by atoms with Gasteiger partial charge in [-0.2, -0.15) is 10.2 Å². The molecule has 12 nitrogen and oxygen atoms in total. The third kappa shape index (κ3) is 14.1. The van der Waals surface area contributed by atoms with Crippen LogP contribution in [-0.4, -0.2) is 112 Å². The molecule has 0 aliphatic heterocycles. The van der Waals surface area contributed by atoms with Crippen LogP contribution in [0.25, 0.3) is 0 Å². The van der Waals surface area contributed by atoms with Crippen molar-refractivity contribution in [2.75, 3.05) is 42.3 Å². The van der Waals surface area contributed by atoms with E-state index in [2.05, 4.69) is 10.2 Å². The lowest BCUT2D eigenvalue weighted by Crippen LogP contribution is -2.45. The molecule has 166 valence electrons. The zero-order chi connectivity index (χ0) is 23.5.